The summed E-state index contributed by atoms with van der Waals surface area (Å²) in [4.78, 5) is 28.5. The molecule has 166 valence electrons. The van der Waals surface area contributed by atoms with E-state index in [1.807, 2.05) is 98.8 Å². The van der Waals surface area contributed by atoms with Gasteiger partial charge in [-0.3, -0.25) is 9.59 Å². The minimum Gasteiger partial charge on any atom is -0.354 e. The molecule has 0 unspecified atom stereocenters. The van der Waals surface area contributed by atoms with Crippen molar-refractivity contribution in [3.8, 4) is 0 Å². The highest BCUT2D eigenvalue weighted by Gasteiger charge is 2.30. The lowest BCUT2D eigenvalue weighted by Crippen LogP contribution is -2.51. The molecule has 3 rings (SSSR count). The smallest absolute Gasteiger partial charge is 0.243 e. The van der Waals surface area contributed by atoms with Crippen LogP contribution in [0.15, 0.2) is 84.9 Å². The van der Waals surface area contributed by atoms with Crippen molar-refractivity contribution in [1.29, 1.82) is 0 Å². The summed E-state index contributed by atoms with van der Waals surface area (Å²) >= 11 is 0. The summed E-state index contributed by atoms with van der Waals surface area (Å²) in [6, 6.07) is 27.2. The summed E-state index contributed by atoms with van der Waals surface area (Å²) in [5, 5.41) is 3.01. The number of benzene rings is 3. The quantitative estimate of drug-likeness (QED) is 0.509. The molecule has 0 spiro atoms. The van der Waals surface area contributed by atoms with Crippen LogP contribution in [-0.4, -0.2) is 29.3 Å². The number of rotatable bonds is 10. The molecule has 2 amide bonds. The van der Waals surface area contributed by atoms with E-state index < -0.39 is 6.04 Å². The molecule has 4 heteroatoms. The van der Waals surface area contributed by atoms with Crippen molar-refractivity contribution in [2.75, 3.05) is 6.54 Å². The second-order valence-corrected chi connectivity index (χ2v) is 8.17. The van der Waals surface area contributed by atoms with Gasteiger partial charge in [0.15, 0.2) is 0 Å². The van der Waals surface area contributed by atoms with Gasteiger partial charge in [0.2, 0.25) is 11.8 Å². The standard InChI is InChI=1S/C28H32N2O2/c1-3-18-29-28(32)26(19-23-10-6-4-7-11-23)30(21-25-16-14-22(2)15-17-25)27(31)20-24-12-8-5-9-13-24/h4-17,26H,3,18-21H2,1-2H3,(H,29,32)/t26-/m1/s1. The third-order valence-corrected chi connectivity index (χ3v) is 5.49. The molecule has 1 atom stereocenters. The van der Waals surface area contributed by atoms with Gasteiger partial charge in [0.05, 0.1) is 6.42 Å². The number of aryl methyl sites for hydroxylation is 1. The van der Waals surface area contributed by atoms with Crippen LogP contribution in [-0.2, 0) is 29.0 Å². The van der Waals surface area contributed by atoms with Crippen molar-refractivity contribution in [2.45, 2.75) is 45.7 Å². The predicted octanol–water partition coefficient (Wildman–Crippen LogP) is 4.70. The van der Waals surface area contributed by atoms with Crippen LogP contribution < -0.4 is 5.32 Å². The van der Waals surface area contributed by atoms with Crippen LogP contribution in [0.4, 0.5) is 0 Å². The topological polar surface area (TPSA) is 49.4 Å². The van der Waals surface area contributed by atoms with Gasteiger partial charge in [-0.05, 0) is 30.0 Å². The molecule has 3 aromatic carbocycles. The molecule has 32 heavy (non-hydrogen) atoms. The van der Waals surface area contributed by atoms with Crippen molar-refractivity contribution in [3.63, 3.8) is 0 Å². The molecule has 0 heterocycles. The molecule has 0 aliphatic carbocycles. The highest BCUT2D eigenvalue weighted by Crippen LogP contribution is 2.17. The molecule has 4 nitrogen and oxygen atoms in total. The van der Waals surface area contributed by atoms with Gasteiger partial charge in [-0.15, -0.1) is 0 Å². The van der Waals surface area contributed by atoms with Crippen LogP contribution in [0.1, 0.15) is 35.6 Å². The Labute approximate surface area is 191 Å². The maximum atomic E-state index is 13.5. The Morgan fingerprint density at radius 1 is 0.812 bits per heavy atom. The average Bonchev–Trinajstić information content (AvgIpc) is 2.82. The third kappa shape index (κ3) is 6.81. The largest absolute Gasteiger partial charge is 0.354 e. The van der Waals surface area contributed by atoms with Crippen molar-refractivity contribution in [3.05, 3.63) is 107 Å². The van der Waals surface area contributed by atoms with E-state index in [1.54, 1.807) is 4.90 Å². The predicted molar refractivity (Wildman–Crippen MR) is 129 cm³/mol. The van der Waals surface area contributed by atoms with Gasteiger partial charge in [0.1, 0.15) is 6.04 Å². The van der Waals surface area contributed by atoms with E-state index in [4.69, 9.17) is 0 Å². The Morgan fingerprint density at radius 2 is 1.41 bits per heavy atom. The summed E-state index contributed by atoms with van der Waals surface area (Å²) in [5.74, 6) is -0.159. The molecule has 0 fully saturated rings. The second kappa shape index (κ2) is 11.8. The highest BCUT2D eigenvalue weighted by molar-refractivity contribution is 5.88. The fourth-order valence-electron chi connectivity index (χ4n) is 3.68. The van der Waals surface area contributed by atoms with Crippen molar-refractivity contribution >= 4 is 11.8 Å². The summed E-state index contributed by atoms with van der Waals surface area (Å²) in [6.45, 7) is 5.05. The van der Waals surface area contributed by atoms with Crippen LogP contribution in [0, 0.1) is 6.92 Å². The summed E-state index contributed by atoms with van der Waals surface area (Å²) in [5.41, 5.74) is 4.15. The molecule has 0 aromatic heterocycles. The fourth-order valence-corrected chi connectivity index (χ4v) is 3.68. The van der Waals surface area contributed by atoms with Crippen LogP contribution in [0.25, 0.3) is 0 Å². The maximum absolute atomic E-state index is 13.5. The van der Waals surface area contributed by atoms with Crippen LogP contribution in [0.3, 0.4) is 0 Å². The Bertz CT molecular complexity index is 985. The lowest BCUT2D eigenvalue weighted by atomic mass is 10.0. The molecule has 0 saturated heterocycles. The van der Waals surface area contributed by atoms with Gasteiger partial charge < -0.3 is 10.2 Å². The first kappa shape index (κ1) is 23.3. The Kier molecular flexibility index (Phi) is 8.61. The molecule has 0 radical (unpaired) electrons. The van der Waals surface area contributed by atoms with E-state index >= 15 is 0 Å². The summed E-state index contributed by atoms with van der Waals surface area (Å²) in [6.07, 6.45) is 1.58. The fraction of sp³-hybridized carbons (Fsp3) is 0.286. The highest BCUT2D eigenvalue weighted by atomic mass is 16.2. The van der Waals surface area contributed by atoms with E-state index in [9.17, 15) is 9.59 Å². The van der Waals surface area contributed by atoms with Crippen molar-refractivity contribution in [1.82, 2.24) is 10.2 Å². The zero-order valence-corrected chi connectivity index (χ0v) is 19.0. The number of amides is 2. The van der Waals surface area contributed by atoms with Gasteiger partial charge in [0, 0.05) is 19.5 Å². The first-order valence-corrected chi connectivity index (χ1v) is 11.3. The number of hydrogen-bond acceptors (Lipinski definition) is 2. The molecule has 0 aliphatic heterocycles. The normalized spacial score (nSPS) is 11.6. The maximum Gasteiger partial charge on any atom is 0.243 e. The van der Waals surface area contributed by atoms with Crippen molar-refractivity contribution in [2.24, 2.45) is 0 Å². The first-order valence-electron chi connectivity index (χ1n) is 11.3. The molecule has 3 aromatic rings. The summed E-state index contributed by atoms with van der Waals surface area (Å²) in [7, 11) is 0. The lowest BCUT2D eigenvalue weighted by molar-refractivity contribution is -0.140. The van der Waals surface area contributed by atoms with Crippen LogP contribution in [0.2, 0.25) is 0 Å². The van der Waals surface area contributed by atoms with E-state index in [-0.39, 0.29) is 18.2 Å². The average molecular weight is 429 g/mol. The number of carbonyl (C=O) groups excluding carboxylic acids is 2. The molecular weight excluding hydrogens is 396 g/mol. The van der Waals surface area contributed by atoms with Crippen LogP contribution in [0.5, 0.6) is 0 Å². The minimum atomic E-state index is -0.582. The number of hydrogen-bond donors (Lipinski definition) is 1. The lowest BCUT2D eigenvalue weighted by Gasteiger charge is -2.31. The van der Waals surface area contributed by atoms with Gasteiger partial charge in [-0.2, -0.15) is 0 Å². The van der Waals surface area contributed by atoms with E-state index in [1.165, 1.54) is 0 Å². The van der Waals surface area contributed by atoms with Gasteiger partial charge in [0.25, 0.3) is 0 Å². The molecule has 0 saturated carbocycles. The SMILES string of the molecule is CCCNC(=O)[C@@H](Cc1ccccc1)N(Cc1ccc(C)cc1)C(=O)Cc1ccccc1. The Balaban J connectivity index is 1.93. The van der Waals surface area contributed by atoms with E-state index in [2.05, 4.69) is 5.32 Å². The molecule has 1 N–H and O–H groups in total. The third-order valence-electron chi connectivity index (χ3n) is 5.49. The van der Waals surface area contributed by atoms with Gasteiger partial charge in [-0.1, -0.05) is 97.4 Å². The second-order valence-electron chi connectivity index (χ2n) is 8.17. The number of nitrogens with one attached hydrogen (secondary N) is 1. The monoisotopic (exact) mass is 428 g/mol. The zero-order valence-electron chi connectivity index (χ0n) is 19.0. The number of carbonyl (C=O) groups is 2. The Morgan fingerprint density at radius 3 is 2.00 bits per heavy atom. The van der Waals surface area contributed by atoms with Gasteiger partial charge >= 0.3 is 0 Å². The number of nitrogens with zero attached hydrogens (tertiary/aromatic N) is 1. The summed E-state index contributed by atoms with van der Waals surface area (Å²) < 4.78 is 0. The van der Waals surface area contributed by atoms with E-state index in [0.29, 0.717) is 19.5 Å². The van der Waals surface area contributed by atoms with Crippen LogP contribution >= 0.6 is 0 Å². The zero-order chi connectivity index (χ0) is 22.8. The molecular formula is C28H32N2O2. The molecule has 0 bridgehead atoms. The molecule has 0 aliphatic rings. The van der Waals surface area contributed by atoms with Crippen molar-refractivity contribution < 1.29 is 9.59 Å². The Hall–Kier alpha value is -3.40. The first-order chi connectivity index (χ1) is 15.6. The minimum absolute atomic E-state index is 0.0515. The van der Waals surface area contributed by atoms with Gasteiger partial charge in [-0.25, -0.2) is 0 Å². The van der Waals surface area contributed by atoms with E-state index in [0.717, 1.165) is 28.7 Å².